The minimum absolute atomic E-state index is 0.343. The molecular weight excluding hydrogens is 803 g/mol. The highest BCUT2D eigenvalue weighted by atomic mass is 16.3. The van der Waals surface area contributed by atoms with E-state index in [-0.39, 0.29) is 0 Å². The standard InChI is InChI=1S/C59H111NO5/c1-3-5-7-9-11-13-15-17-19-21-22-23-24-25-26-27-28-29-30-31-32-33-34-35-37-38-40-42-44-46-48-50-52-56(62)58(64)55(54-61)60-59(65)57(63)53-51-49-47-45-43-41-39-36-20-18-16-14-12-10-8-6-4-2/h32-33,37-39,41,44,46,55-58,61-64H,3-31,34-36,40,42-43,45,47-54H2,1-2H3,(H,60,65)/b33-32+,38-37+,41-39-,46-44+. The molecule has 0 aliphatic rings. The molecule has 0 aliphatic heterocycles. The Morgan fingerprint density at radius 1 is 0.369 bits per heavy atom. The summed E-state index contributed by atoms with van der Waals surface area (Å²) in [5.41, 5.74) is 0. The van der Waals surface area contributed by atoms with Crippen molar-refractivity contribution in [2.75, 3.05) is 6.61 Å². The molecule has 65 heavy (non-hydrogen) atoms. The van der Waals surface area contributed by atoms with Crippen LogP contribution in [0.25, 0.3) is 0 Å². The highest BCUT2D eigenvalue weighted by Crippen LogP contribution is 2.17. The molecule has 0 spiro atoms. The number of nitrogens with one attached hydrogen (secondary N) is 1. The van der Waals surface area contributed by atoms with Crippen molar-refractivity contribution >= 4 is 5.91 Å². The van der Waals surface area contributed by atoms with Gasteiger partial charge in [0.1, 0.15) is 12.2 Å². The van der Waals surface area contributed by atoms with E-state index in [2.05, 4.69) is 67.8 Å². The van der Waals surface area contributed by atoms with E-state index < -0.39 is 36.9 Å². The summed E-state index contributed by atoms with van der Waals surface area (Å²) >= 11 is 0. The summed E-state index contributed by atoms with van der Waals surface area (Å²) in [4.78, 5) is 12.6. The summed E-state index contributed by atoms with van der Waals surface area (Å²) in [7, 11) is 0. The molecule has 0 saturated carbocycles. The topological polar surface area (TPSA) is 110 Å². The zero-order valence-corrected chi connectivity index (χ0v) is 43.2. The van der Waals surface area contributed by atoms with Crippen LogP contribution >= 0.6 is 0 Å². The number of unbranched alkanes of at least 4 members (excludes halogenated alkanes) is 35. The Hall–Kier alpha value is -1.73. The summed E-state index contributed by atoms with van der Waals surface area (Å²) in [6, 6.07) is -1.02. The van der Waals surface area contributed by atoms with Gasteiger partial charge < -0.3 is 25.7 Å². The minimum atomic E-state index is -1.30. The largest absolute Gasteiger partial charge is 0.394 e. The summed E-state index contributed by atoms with van der Waals surface area (Å²) < 4.78 is 0. The number of allylic oxidation sites excluding steroid dienone is 8. The fourth-order valence-electron chi connectivity index (χ4n) is 8.73. The van der Waals surface area contributed by atoms with Crippen molar-refractivity contribution in [3.05, 3.63) is 48.6 Å². The molecule has 0 aromatic carbocycles. The Labute approximate surface area is 404 Å². The second-order valence-electron chi connectivity index (χ2n) is 19.6. The Balaban J connectivity index is 3.70. The van der Waals surface area contributed by atoms with E-state index in [0.717, 1.165) is 64.2 Å². The van der Waals surface area contributed by atoms with Gasteiger partial charge in [0.2, 0.25) is 5.91 Å². The summed E-state index contributed by atoms with van der Waals surface area (Å²) in [5.74, 6) is -0.607. The molecule has 0 radical (unpaired) electrons. The maximum Gasteiger partial charge on any atom is 0.249 e. The number of hydrogen-bond donors (Lipinski definition) is 5. The molecule has 6 nitrogen and oxygen atoms in total. The number of carbonyl (C=O) groups excluding carboxylic acids is 1. The molecule has 4 atom stereocenters. The van der Waals surface area contributed by atoms with E-state index in [0.29, 0.717) is 19.3 Å². The van der Waals surface area contributed by atoms with E-state index in [9.17, 15) is 25.2 Å². The predicted octanol–water partition coefficient (Wildman–Crippen LogP) is 16.6. The molecule has 0 bridgehead atoms. The van der Waals surface area contributed by atoms with Crippen LogP contribution in [-0.4, -0.2) is 57.3 Å². The highest BCUT2D eigenvalue weighted by molar-refractivity contribution is 5.80. The first kappa shape index (κ1) is 63.3. The van der Waals surface area contributed by atoms with E-state index in [1.54, 1.807) is 0 Å². The number of aliphatic hydroxyl groups excluding tert-OH is 4. The smallest absolute Gasteiger partial charge is 0.249 e. The molecule has 0 rings (SSSR count). The molecular formula is C59H111NO5. The van der Waals surface area contributed by atoms with Gasteiger partial charge in [0.05, 0.1) is 18.8 Å². The molecule has 6 heteroatoms. The summed E-state index contributed by atoms with van der Waals surface area (Å²) in [5, 5.41) is 43.9. The Morgan fingerprint density at radius 2 is 0.646 bits per heavy atom. The second-order valence-corrected chi connectivity index (χ2v) is 19.6. The van der Waals surface area contributed by atoms with Crippen molar-refractivity contribution in [1.29, 1.82) is 0 Å². The fraction of sp³-hybridized carbons (Fsp3) is 0.847. The van der Waals surface area contributed by atoms with Gasteiger partial charge in [0.25, 0.3) is 0 Å². The highest BCUT2D eigenvalue weighted by Gasteiger charge is 2.28. The predicted molar refractivity (Wildman–Crippen MR) is 283 cm³/mol. The first-order valence-electron chi connectivity index (χ1n) is 28.5. The van der Waals surface area contributed by atoms with Crippen molar-refractivity contribution in [1.82, 2.24) is 5.32 Å². The maximum absolute atomic E-state index is 12.6. The van der Waals surface area contributed by atoms with E-state index >= 15 is 0 Å². The molecule has 0 saturated heterocycles. The molecule has 1 amide bonds. The number of rotatable bonds is 52. The number of aliphatic hydroxyl groups is 4. The SMILES string of the molecule is CCCCCCCCCCC/C=C\CCCCCCC(O)C(=O)NC(CO)C(O)C(O)CCC/C=C/CC/C=C/CC/C=C/CCCCCCCCCCCCCCCCCCCCC. The van der Waals surface area contributed by atoms with Gasteiger partial charge in [-0.25, -0.2) is 0 Å². The van der Waals surface area contributed by atoms with E-state index in [4.69, 9.17) is 0 Å². The van der Waals surface area contributed by atoms with Crippen molar-refractivity contribution in [3.63, 3.8) is 0 Å². The van der Waals surface area contributed by atoms with Crippen molar-refractivity contribution in [3.8, 4) is 0 Å². The lowest BCUT2D eigenvalue weighted by molar-refractivity contribution is -0.132. The third-order valence-corrected chi connectivity index (χ3v) is 13.2. The van der Waals surface area contributed by atoms with Crippen LogP contribution in [0.3, 0.4) is 0 Å². The number of carbonyl (C=O) groups is 1. The van der Waals surface area contributed by atoms with E-state index in [1.807, 2.05) is 0 Å². The van der Waals surface area contributed by atoms with E-state index in [1.165, 1.54) is 193 Å². The molecule has 0 aromatic heterocycles. The van der Waals surface area contributed by atoms with Gasteiger partial charge in [0.15, 0.2) is 0 Å². The minimum Gasteiger partial charge on any atom is -0.394 e. The van der Waals surface area contributed by atoms with Crippen LogP contribution in [0.15, 0.2) is 48.6 Å². The van der Waals surface area contributed by atoms with Crippen molar-refractivity contribution in [2.45, 2.75) is 314 Å². The average Bonchev–Trinajstić information content (AvgIpc) is 3.31. The second kappa shape index (κ2) is 53.2. The van der Waals surface area contributed by atoms with Crippen LogP contribution < -0.4 is 5.32 Å². The number of amides is 1. The lowest BCUT2D eigenvalue weighted by Gasteiger charge is -2.27. The monoisotopic (exact) mass is 914 g/mol. The van der Waals surface area contributed by atoms with Crippen LogP contribution in [0.2, 0.25) is 0 Å². The summed E-state index contributed by atoms with van der Waals surface area (Å²) in [6.07, 6.45) is 67.6. The van der Waals surface area contributed by atoms with Crippen LogP contribution in [0.4, 0.5) is 0 Å². The fourth-order valence-corrected chi connectivity index (χ4v) is 8.73. The van der Waals surface area contributed by atoms with Crippen LogP contribution in [0, 0.1) is 0 Å². The molecule has 0 aliphatic carbocycles. The van der Waals surface area contributed by atoms with Gasteiger partial charge >= 0.3 is 0 Å². The maximum atomic E-state index is 12.6. The van der Waals surface area contributed by atoms with Crippen molar-refractivity contribution in [2.24, 2.45) is 0 Å². The normalized spacial score (nSPS) is 14.1. The lowest BCUT2D eigenvalue weighted by Crippen LogP contribution is -2.53. The number of hydrogen-bond acceptors (Lipinski definition) is 5. The third kappa shape index (κ3) is 47.1. The van der Waals surface area contributed by atoms with Crippen LogP contribution in [-0.2, 0) is 4.79 Å². The molecule has 5 N–H and O–H groups in total. The quantitative estimate of drug-likeness (QED) is 0.0308. The van der Waals surface area contributed by atoms with Crippen molar-refractivity contribution < 1.29 is 25.2 Å². The molecule has 382 valence electrons. The van der Waals surface area contributed by atoms with Gasteiger partial charge in [0, 0.05) is 0 Å². The Morgan fingerprint density at radius 3 is 0.969 bits per heavy atom. The van der Waals surface area contributed by atoms with Gasteiger partial charge in [-0.1, -0.05) is 249 Å². The van der Waals surface area contributed by atoms with Gasteiger partial charge in [-0.05, 0) is 89.9 Å². The van der Waals surface area contributed by atoms with Gasteiger partial charge in [-0.15, -0.1) is 0 Å². The third-order valence-electron chi connectivity index (χ3n) is 13.2. The zero-order chi connectivity index (χ0) is 47.4. The molecule has 0 fully saturated rings. The molecule has 0 heterocycles. The first-order chi connectivity index (χ1) is 32.0. The van der Waals surface area contributed by atoms with Gasteiger partial charge in [-0.3, -0.25) is 4.79 Å². The molecule has 0 aromatic rings. The van der Waals surface area contributed by atoms with Crippen LogP contribution in [0.1, 0.15) is 290 Å². The average molecular weight is 915 g/mol. The summed E-state index contributed by atoms with van der Waals surface area (Å²) in [6.45, 7) is 4.05. The van der Waals surface area contributed by atoms with Crippen LogP contribution in [0.5, 0.6) is 0 Å². The zero-order valence-electron chi connectivity index (χ0n) is 43.2. The molecule has 4 unspecified atom stereocenters. The Kier molecular flexibility index (Phi) is 51.8. The Bertz CT molecular complexity index is 1070. The van der Waals surface area contributed by atoms with Gasteiger partial charge in [-0.2, -0.15) is 0 Å². The lowest BCUT2D eigenvalue weighted by atomic mass is 10.00. The first-order valence-corrected chi connectivity index (χ1v) is 28.5.